The summed E-state index contributed by atoms with van der Waals surface area (Å²) >= 11 is -1.88. The standard InChI is InChI=1S/C10H8O2S.Na/c11-13(12)10-6-5-8-3-1-2-4-9(8)7-10;/h1-7H,(H,11,12);. The molecule has 2 nitrogen and oxygen atoms in total. The quantitative estimate of drug-likeness (QED) is 0.584. The van der Waals surface area contributed by atoms with Crippen LogP contribution in [0.25, 0.3) is 10.8 Å². The summed E-state index contributed by atoms with van der Waals surface area (Å²) < 4.78 is 19.6. The first-order valence-corrected chi connectivity index (χ1v) is 4.98. The molecule has 1 unspecified atom stereocenters. The van der Waals surface area contributed by atoms with Gasteiger partial charge in [0.1, 0.15) is 0 Å². The molecule has 0 saturated carbocycles. The molecule has 0 amide bonds. The summed E-state index contributed by atoms with van der Waals surface area (Å²) in [6.45, 7) is 0. The average Bonchev–Trinajstić information content (AvgIpc) is 2.17. The minimum absolute atomic E-state index is 0. The van der Waals surface area contributed by atoms with Crippen molar-refractivity contribution in [1.29, 1.82) is 0 Å². The van der Waals surface area contributed by atoms with Crippen LogP contribution in [0.5, 0.6) is 0 Å². The molecule has 1 atom stereocenters. The SMILES string of the molecule is O=S(O)c1ccc2ccccc2c1.[Na]. The molecule has 1 N–H and O–H groups in total. The van der Waals surface area contributed by atoms with Gasteiger partial charge in [0.25, 0.3) is 0 Å². The van der Waals surface area contributed by atoms with Gasteiger partial charge in [-0.25, -0.2) is 4.21 Å². The zero-order valence-electron chi connectivity index (χ0n) is 7.81. The van der Waals surface area contributed by atoms with Gasteiger partial charge in [0.15, 0.2) is 11.1 Å². The van der Waals surface area contributed by atoms with E-state index < -0.39 is 11.1 Å². The molecule has 1 radical (unpaired) electrons. The molecule has 2 rings (SSSR count). The van der Waals surface area contributed by atoms with Crippen LogP contribution in [0.3, 0.4) is 0 Å². The Labute approximate surface area is 107 Å². The first-order valence-electron chi connectivity index (χ1n) is 3.87. The molecule has 0 aromatic heterocycles. The maximum absolute atomic E-state index is 10.8. The summed E-state index contributed by atoms with van der Waals surface area (Å²) in [6.07, 6.45) is 0. The van der Waals surface area contributed by atoms with Gasteiger partial charge in [-0.05, 0) is 22.9 Å². The molecule has 0 aliphatic heterocycles. The number of rotatable bonds is 1. The molecule has 0 heterocycles. The van der Waals surface area contributed by atoms with Gasteiger partial charge in [0.2, 0.25) is 0 Å². The third-order valence-electron chi connectivity index (χ3n) is 1.92. The Balaban J connectivity index is 0.000000980. The predicted molar refractivity (Wildman–Crippen MR) is 58.7 cm³/mol. The van der Waals surface area contributed by atoms with Crippen molar-refractivity contribution in [2.24, 2.45) is 0 Å². The Morgan fingerprint density at radius 3 is 2.29 bits per heavy atom. The van der Waals surface area contributed by atoms with Crippen molar-refractivity contribution in [3.05, 3.63) is 42.5 Å². The van der Waals surface area contributed by atoms with Crippen LogP contribution < -0.4 is 0 Å². The van der Waals surface area contributed by atoms with Gasteiger partial charge in [-0.2, -0.15) is 0 Å². The summed E-state index contributed by atoms with van der Waals surface area (Å²) in [5.41, 5.74) is 0. The monoisotopic (exact) mass is 215 g/mol. The molecule has 2 aromatic rings. The average molecular weight is 215 g/mol. The third kappa shape index (κ3) is 2.43. The molecule has 0 aliphatic rings. The van der Waals surface area contributed by atoms with E-state index in [1.54, 1.807) is 12.1 Å². The van der Waals surface area contributed by atoms with Gasteiger partial charge in [-0.1, -0.05) is 30.3 Å². The Kier molecular flexibility index (Phi) is 4.29. The second-order valence-corrected chi connectivity index (χ2v) is 3.73. The number of hydrogen-bond donors (Lipinski definition) is 1. The van der Waals surface area contributed by atoms with Gasteiger partial charge in [0, 0.05) is 29.6 Å². The van der Waals surface area contributed by atoms with E-state index in [4.69, 9.17) is 4.55 Å². The van der Waals surface area contributed by atoms with Crippen molar-refractivity contribution in [1.82, 2.24) is 0 Å². The zero-order valence-corrected chi connectivity index (χ0v) is 10.6. The van der Waals surface area contributed by atoms with Crippen molar-refractivity contribution >= 4 is 51.4 Å². The molecule has 0 aliphatic carbocycles. The molecule has 0 bridgehead atoms. The predicted octanol–water partition coefficient (Wildman–Crippen LogP) is 2.04. The Hall–Kier alpha value is -0.190. The smallest absolute Gasteiger partial charge is 0.186 e. The van der Waals surface area contributed by atoms with E-state index in [0.29, 0.717) is 4.90 Å². The molecule has 2 aromatic carbocycles. The van der Waals surface area contributed by atoms with Crippen LogP contribution in [-0.2, 0) is 11.1 Å². The summed E-state index contributed by atoms with van der Waals surface area (Å²) in [5, 5.41) is 2.07. The van der Waals surface area contributed by atoms with Crippen LogP contribution in [-0.4, -0.2) is 38.3 Å². The molecular formula is C10H8NaO2S. The first-order chi connectivity index (χ1) is 6.27. The second kappa shape index (κ2) is 5.05. The topological polar surface area (TPSA) is 37.3 Å². The molecular weight excluding hydrogens is 207 g/mol. The summed E-state index contributed by atoms with van der Waals surface area (Å²) in [4.78, 5) is 0.443. The van der Waals surface area contributed by atoms with Crippen molar-refractivity contribution in [2.75, 3.05) is 0 Å². The van der Waals surface area contributed by atoms with Crippen LogP contribution in [0, 0.1) is 0 Å². The van der Waals surface area contributed by atoms with Crippen LogP contribution in [0.2, 0.25) is 0 Å². The van der Waals surface area contributed by atoms with Crippen molar-refractivity contribution in [2.45, 2.75) is 4.90 Å². The van der Waals surface area contributed by atoms with Gasteiger partial charge < -0.3 is 4.55 Å². The van der Waals surface area contributed by atoms with Crippen LogP contribution in [0.4, 0.5) is 0 Å². The van der Waals surface area contributed by atoms with E-state index in [1.165, 1.54) is 0 Å². The molecule has 0 saturated heterocycles. The fraction of sp³-hybridized carbons (Fsp3) is 0. The molecule has 67 valence electrons. The maximum atomic E-state index is 10.8. The molecule has 0 fully saturated rings. The molecule has 4 heteroatoms. The van der Waals surface area contributed by atoms with Crippen LogP contribution in [0.1, 0.15) is 0 Å². The van der Waals surface area contributed by atoms with E-state index in [2.05, 4.69) is 0 Å². The Morgan fingerprint density at radius 2 is 1.64 bits per heavy atom. The first kappa shape index (κ1) is 11.9. The van der Waals surface area contributed by atoms with E-state index in [0.717, 1.165) is 10.8 Å². The molecule has 14 heavy (non-hydrogen) atoms. The fourth-order valence-electron chi connectivity index (χ4n) is 1.28. The minimum atomic E-state index is -1.88. The summed E-state index contributed by atoms with van der Waals surface area (Å²) in [5.74, 6) is 0. The van der Waals surface area contributed by atoms with E-state index in [1.807, 2.05) is 30.3 Å². The summed E-state index contributed by atoms with van der Waals surface area (Å²) in [6, 6.07) is 13.0. The normalized spacial score (nSPS) is 12.1. The number of fused-ring (bicyclic) bond motifs is 1. The summed E-state index contributed by atoms with van der Waals surface area (Å²) in [7, 11) is 0. The molecule has 0 spiro atoms. The van der Waals surface area contributed by atoms with Crippen LogP contribution >= 0.6 is 0 Å². The van der Waals surface area contributed by atoms with Crippen molar-refractivity contribution in [3.8, 4) is 0 Å². The maximum Gasteiger partial charge on any atom is 0.186 e. The van der Waals surface area contributed by atoms with E-state index in [-0.39, 0.29) is 29.6 Å². The van der Waals surface area contributed by atoms with E-state index >= 15 is 0 Å². The second-order valence-electron chi connectivity index (χ2n) is 2.76. The van der Waals surface area contributed by atoms with Gasteiger partial charge in [-0.3, -0.25) is 0 Å². The van der Waals surface area contributed by atoms with Crippen LogP contribution in [0.15, 0.2) is 47.4 Å². The Morgan fingerprint density at radius 1 is 1.00 bits per heavy atom. The Bertz CT molecular complexity index is 470. The number of hydrogen-bond acceptors (Lipinski definition) is 1. The van der Waals surface area contributed by atoms with Crippen molar-refractivity contribution < 1.29 is 8.76 Å². The van der Waals surface area contributed by atoms with Crippen molar-refractivity contribution in [3.63, 3.8) is 0 Å². The number of benzene rings is 2. The van der Waals surface area contributed by atoms with Gasteiger partial charge in [0.05, 0.1) is 4.90 Å². The van der Waals surface area contributed by atoms with Gasteiger partial charge in [-0.15, -0.1) is 0 Å². The largest absolute Gasteiger partial charge is 0.302 e. The third-order valence-corrected chi connectivity index (χ3v) is 2.58. The van der Waals surface area contributed by atoms with E-state index in [9.17, 15) is 4.21 Å². The minimum Gasteiger partial charge on any atom is -0.302 e. The zero-order chi connectivity index (χ0) is 9.26. The fourth-order valence-corrected chi connectivity index (χ4v) is 1.69. The van der Waals surface area contributed by atoms with Gasteiger partial charge >= 0.3 is 0 Å².